The molecule has 0 radical (unpaired) electrons. The van der Waals surface area contributed by atoms with Gasteiger partial charge >= 0.3 is 0 Å². The van der Waals surface area contributed by atoms with E-state index in [-0.39, 0.29) is 10.6 Å². The van der Waals surface area contributed by atoms with Crippen LogP contribution in [0, 0.1) is 10.1 Å². The third kappa shape index (κ3) is 3.36. The first-order chi connectivity index (χ1) is 10.7. The number of rotatable bonds is 4. The minimum absolute atomic E-state index is 0.141. The van der Waals surface area contributed by atoms with E-state index in [1.54, 1.807) is 18.4 Å². The fourth-order valence-electron chi connectivity index (χ4n) is 3.12. The molecule has 0 bridgehead atoms. The number of non-ortho nitro benzene ring substituents is 1. The van der Waals surface area contributed by atoms with Crippen LogP contribution < -0.4 is 0 Å². The molecule has 0 spiro atoms. The summed E-state index contributed by atoms with van der Waals surface area (Å²) in [6, 6.07) is 11.1. The summed E-state index contributed by atoms with van der Waals surface area (Å²) in [5, 5.41) is 10.7. The van der Waals surface area contributed by atoms with E-state index in [9.17, 15) is 10.1 Å². The summed E-state index contributed by atoms with van der Waals surface area (Å²) in [5.74, 6) is 1.02. The third-order valence-corrected chi connectivity index (χ3v) is 4.27. The second-order valence-electron chi connectivity index (χ2n) is 5.77. The van der Waals surface area contributed by atoms with E-state index in [0.29, 0.717) is 6.04 Å². The van der Waals surface area contributed by atoms with Crippen LogP contribution in [0.25, 0.3) is 0 Å². The lowest BCUT2D eigenvalue weighted by atomic mass is 10.1. The molecule has 2 aromatic rings. The van der Waals surface area contributed by atoms with Crippen LogP contribution in [0.1, 0.15) is 43.0 Å². The van der Waals surface area contributed by atoms with Crippen LogP contribution >= 0.6 is 0 Å². The molecule has 1 unspecified atom stereocenters. The molecular formula is C17H20N2O3. The lowest BCUT2D eigenvalue weighted by Crippen LogP contribution is -2.27. The highest BCUT2D eigenvalue weighted by Gasteiger charge is 2.24. The number of nitro groups is 1. The van der Waals surface area contributed by atoms with E-state index < -0.39 is 0 Å². The number of hydrogen-bond donors (Lipinski definition) is 0. The average molecular weight is 300 g/mol. The molecule has 5 nitrogen and oxygen atoms in total. The highest BCUT2D eigenvalue weighted by Crippen LogP contribution is 2.31. The molecule has 0 aliphatic carbocycles. The van der Waals surface area contributed by atoms with Gasteiger partial charge in [-0.3, -0.25) is 15.0 Å². The van der Waals surface area contributed by atoms with Crippen molar-refractivity contribution in [2.45, 2.75) is 38.3 Å². The smallest absolute Gasteiger partial charge is 0.269 e. The Balaban J connectivity index is 1.76. The molecule has 0 N–H and O–H groups in total. The largest absolute Gasteiger partial charge is 0.468 e. The van der Waals surface area contributed by atoms with Crippen molar-refractivity contribution in [1.82, 2.24) is 4.90 Å². The van der Waals surface area contributed by atoms with Gasteiger partial charge in [0.1, 0.15) is 5.76 Å². The van der Waals surface area contributed by atoms with Crippen LogP contribution in [0.3, 0.4) is 0 Å². The first-order valence-corrected chi connectivity index (χ1v) is 7.75. The molecule has 5 heteroatoms. The monoisotopic (exact) mass is 300 g/mol. The molecule has 116 valence electrons. The summed E-state index contributed by atoms with van der Waals surface area (Å²) in [6.07, 6.45) is 6.46. The molecule has 1 aliphatic rings. The Kier molecular flexibility index (Phi) is 4.53. The highest BCUT2D eigenvalue weighted by atomic mass is 16.6. The van der Waals surface area contributed by atoms with Gasteiger partial charge in [-0.15, -0.1) is 0 Å². The number of hydrogen-bond acceptors (Lipinski definition) is 4. The maximum absolute atomic E-state index is 10.7. The maximum Gasteiger partial charge on any atom is 0.269 e. The van der Waals surface area contributed by atoms with Crippen molar-refractivity contribution in [3.63, 3.8) is 0 Å². The number of furan rings is 1. The standard InChI is InChI=1S/C17H20N2O3/c20-19(21)15-9-7-14(8-10-15)13-18-11-3-1-2-5-16(18)17-6-4-12-22-17/h4,6-10,12,16H,1-3,5,11,13H2. The predicted octanol–water partition coefficient (Wildman–Crippen LogP) is 4.31. The minimum Gasteiger partial charge on any atom is -0.468 e. The lowest BCUT2D eigenvalue weighted by molar-refractivity contribution is -0.384. The number of benzene rings is 1. The van der Waals surface area contributed by atoms with Gasteiger partial charge in [-0.1, -0.05) is 25.0 Å². The van der Waals surface area contributed by atoms with E-state index in [0.717, 1.165) is 30.8 Å². The summed E-state index contributed by atoms with van der Waals surface area (Å²) >= 11 is 0. The van der Waals surface area contributed by atoms with Crippen LogP contribution in [-0.4, -0.2) is 16.4 Å². The van der Waals surface area contributed by atoms with Crippen molar-refractivity contribution >= 4 is 5.69 Å². The van der Waals surface area contributed by atoms with Crippen molar-refractivity contribution in [3.8, 4) is 0 Å². The molecule has 1 atom stereocenters. The third-order valence-electron chi connectivity index (χ3n) is 4.27. The molecule has 0 amide bonds. The van der Waals surface area contributed by atoms with Gasteiger partial charge in [0.15, 0.2) is 0 Å². The first-order valence-electron chi connectivity index (χ1n) is 7.75. The summed E-state index contributed by atoms with van der Waals surface area (Å²) in [4.78, 5) is 12.8. The Morgan fingerprint density at radius 3 is 2.68 bits per heavy atom. The average Bonchev–Trinajstić information content (AvgIpc) is 2.95. The van der Waals surface area contributed by atoms with Crippen LogP contribution in [0.15, 0.2) is 47.1 Å². The quantitative estimate of drug-likeness (QED) is 0.623. The van der Waals surface area contributed by atoms with E-state index in [1.165, 1.54) is 19.3 Å². The Bertz CT molecular complexity index is 607. The predicted molar refractivity (Wildman–Crippen MR) is 83.4 cm³/mol. The van der Waals surface area contributed by atoms with E-state index in [4.69, 9.17) is 4.42 Å². The van der Waals surface area contributed by atoms with Crippen molar-refractivity contribution in [2.75, 3.05) is 6.54 Å². The van der Waals surface area contributed by atoms with Crippen LogP contribution in [0.4, 0.5) is 5.69 Å². The molecule has 22 heavy (non-hydrogen) atoms. The van der Waals surface area contributed by atoms with Gasteiger partial charge in [0.05, 0.1) is 17.2 Å². The maximum atomic E-state index is 10.7. The molecule has 1 aromatic heterocycles. The fourth-order valence-corrected chi connectivity index (χ4v) is 3.12. The topological polar surface area (TPSA) is 59.5 Å². The molecule has 1 fully saturated rings. The van der Waals surface area contributed by atoms with Crippen molar-refractivity contribution in [2.24, 2.45) is 0 Å². The zero-order chi connectivity index (χ0) is 15.4. The summed E-state index contributed by atoms with van der Waals surface area (Å²) < 4.78 is 5.62. The second kappa shape index (κ2) is 6.75. The van der Waals surface area contributed by atoms with Crippen molar-refractivity contribution < 1.29 is 9.34 Å². The second-order valence-corrected chi connectivity index (χ2v) is 5.77. The normalized spacial score (nSPS) is 19.7. The fraction of sp³-hybridized carbons (Fsp3) is 0.412. The van der Waals surface area contributed by atoms with Gasteiger partial charge in [-0.05, 0) is 37.1 Å². The SMILES string of the molecule is O=[N+]([O-])c1ccc(CN2CCCCCC2c2ccco2)cc1. The zero-order valence-electron chi connectivity index (χ0n) is 12.5. The Morgan fingerprint density at radius 1 is 1.18 bits per heavy atom. The lowest BCUT2D eigenvalue weighted by Gasteiger charge is -2.28. The van der Waals surface area contributed by atoms with Crippen LogP contribution in [0.2, 0.25) is 0 Å². The van der Waals surface area contributed by atoms with E-state index in [2.05, 4.69) is 4.90 Å². The van der Waals surface area contributed by atoms with Crippen molar-refractivity contribution in [3.05, 3.63) is 64.1 Å². The van der Waals surface area contributed by atoms with Gasteiger partial charge in [-0.25, -0.2) is 0 Å². The molecule has 3 rings (SSSR count). The minimum atomic E-state index is -0.360. The van der Waals surface area contributed by atoms with Gasteiger partial charge in [0, 0.05) is 18.7 Å². The van der Waals surface area contributed by atoms with Gasteiger partial charge in [-0.2, -0.15) is 0 Å². The van der Waals surface area contributed by atoms with E-state index in [1.807, 2.05) is 24.3 Å². The summed E-state index contributed by atoms with van der Waals surface area (Å²) in [7, 11) is 0. The highest BCUT2D eigenvalue weighted by molar-refractivity contribution is 5.32. The Hall–Kier alpha value is -2.14. The van der Waals surface area contributed by atoms with E-state index >= 15 is 0 Å². The molecule has 1 aromatic carbocycles. The van der Waals surface area contributed by atoms with Crippen molar-refractivity contribution in [1.29, 1.82) is 0 Å². The molecule has 1 aliphatic heterocycles. The van der Waals surface area contributed by atoms with Crippen LogP contribution in [-0.2, 0) is 6.54 Å². The number of likely N-dealkylation sites (tertiary alicyclic amines) is 1. The van der Waals surface area contributed by atoms with Gasteiger partial charge in [0.2, 0.25) is 0 Å². The Labute approximate surface area is 129 Å². The van der Waals surface area contributed by atoms with Gasteiger partial charge < -0.3 is 4.42 Å². The summed E-state index contributed by atoms with van der Waals surface area (Å²) in [5.41, 5.74) is 1.24. The first kappa shape index (κ1) is 14.8. The molecule has 0 saturated carbocycles. The number of nitro benzene ring substituents is 1. The molecule has 1 saturated heterocycles. The van der Waals surface area contributed by atoms with Crippen LogP contribution in [0.5, 0.6) is 0 Å². The molecular weight excluding hydrogens is 280 g/mol. The molecule has 2 heterocycles. The Morgan fingerprint density at radius 2 is 2.00 bits per heavy atom. The zero-order valence-corrected chi connectivity index (χ0v) is 12.5. The number of nitrogens with zero attached hydrogens (tertiary/aromatic N) is 2. The summed E-state index contributed by atoms with van der Waals surface area (Å²) in [6.45, 7) is 1.83. The van der Waals surface area contributed by atoms with Gasteiger partial charge in [0.25, 0.3) is 5.69 Å².